The summed E-state index contributed by atoms with van der Waals surface area (Å²) in [6.45, 7) is 0.924. The molecule has 1 unspecified atom stereocenters. The number of rotatable bonds is 2. The van der Waals surface area contributed by atoms with E-state index in [-0.39, 0.29) is 11.7 Å². The van der Waals surface area contributed by atoms with Gasteiger partial charge in [0.15, 0.2) is 0 Å². The maximum atomic E-state index is 9.24. The number of hydrogen-bond donors (Lipinski definition) is 2. The molecule has 86 valence electrons. The second-order valence-corrected chi connectivity index (χ2v) is 5.56. The monoisotopic (exact) mass is 211 g/mol. The van der Waals surface area contributed by atoms with Crippen LogP contribution >= 0.6 is 0 Å². The van der Waals surface area contributed by atoms with Crippen molar-refractivity contribution < 1.29 is 9.84 Å². The van der Waals surface area contributed by atoms with E-state index in [1.807, 2.05) is 0 Å². The van der Waals surface area contributed by atoms with Gasteiger partial charge in [-0.2, -0.15) is 0 Å². The fourth-order valence-corrected chi connectivity index (χ4v) is 3.15. The lowest BCUT2D eigenvalue weighted by molar-refractivity contribution is -0.137. The van der Waals surface area contributed by atoms with E-state index in [0.29, 0.717) is 12.1 Å². The van der Waals surface area contributed by atoms with E-state index in [2.05, 4.69) is 5.32 Å². The van der Waals surface area contributed by atoms with Crippen molar-refractivity contribution in [2.24, 2.45) is 0 Å². The standard InChI is InChI=1S/C12H21NO2/c14-11-6-10(7-11)13-9-2-5-15-12(8-9)3-1-4-12/h9-11,13-14H,1-8H2. The van der Waals surface area contributed by atoms with Crippen LogP contribution < -0.4 is 5.32 Å². The van der Waals surface area contributed by atoms with Gasteiger partial charge in [0.2, 0.25) is 0 Å². The van der Waals surface area contributed by atoms with Gasteiger partial charge in [0, 0.05) is 18.7 Å². The first-order valence-electron chi connectivity index (χ1n) is 6.34. The zero-order valence-electron chi connectivity index (χ0n) is 9.24. The second-order valence-electron chi connectivity index (χ2n) is 5.56. The van der Waals surface area contributed by atoms with Gasteiger partial charge in [-0.1, -0.05) is 0 Å². The molecule has 2 saturated carbocycles. The highest BCUT2D eigenvalue weighted by Crippen LogP contribution is 2.42. The minimum atomic E-state index is -0.0417. The van der Waals surface area contributed by atoms with Crippen molar-refractivity contribution >= 4 is 0 Å². The minimum absolute atomic E-state index is 0.0417. The Kier molecular flexibility index (Phi) is 2.49. The van der Waals surface area contributed by atoms with Crippen molar-refractivity contribution in [1.29, 1.82) is 0 Å². The Balaban J connectivity index is 1.49. The molecule has 15 heavy (non-hydrogen) atoms. The van der Waals surface area contributed by atoms with Crippen LogP contribution in [-0.4, -0.2) is 35.5 Å². The van der Waals surface area contributed by atoms with Gasteiger partial charge in [-0.05, 0) is 44.9 Å². The fraction of sp³-hybridized carbons (Fsp3) is 1.00. The van der Waals surface area contributed by atoms with Gasteiger partial charge >= 0.3 is 0 Å². The molecule has 0 radical (unpaired) electrons. The van der Waals surface area contributed by atoms with Gasteiger partial charge in [0.1, 0.15) is 0 Å². The summed E-state index contributed by atoms with van der Waals surface area (Å²) in [4.78, 5) is 0. The maximum Gasteiger partial charge on any atom is 0.0697 e. The van der Waals surface area contributed by atoms with Crippen LogP contribution in [-0.2, 0) is 4.74 Å². The van der Waals surface area contributed by atoms with Gasteiger partial charge < -0.3 is 15.2 Å². The number of aliphatic hydroxyl groups excluding tert-OH is 1. The maximum absolute atomic E-state index is 9.24. The summed E-state index contributed by atoms with van der Waals surface area (Å²) in [7, 11) is 0. The molecule has 3 nitrogen and oxygen atoms in total. The number of ether oxygens (including phenoxy) is 1. The van der Waals surface area contributed by atoms with Crippen LogP contribution in [0.5, 0.6) is 0 Å². The van der Waals surface area contributed by atoms with Crippen LogP contribution in [0.4, 0.5) is 0 Å². The first-order valence-corrected chi connectivity index (χ1v) is 6.34. The normalized spacial score (nSPS) is 43.4. The quantitative estimate of drug-likeness (QED) is 0.721. The van der Waals surface area contributed by atoms with Crippen LogP contribution in [0.2, 0.25) is 0 Å². The fourth-order valence-electron chi connectivity index (χ4n) is 3.15. The summed E-state index contributed by atoms with van der Waals surface area (Å²) < 4.78 is 5.90. The number of nitrogens with one attached hydrogen (secondary N) is 1. The highest BCUT2D eigenvalue weighted by molar-refractivity contribution is 4.98. The molecule has 0 aromatic heterocycles. The van der Waals surface area contributed by atoms with Gasteiger partial charge in [-0.25, -0.2) is 0 Å². The van der Waals surface area contributed by atoms with Gasteiger partial charge in [0.05, 0.1) is 11.7 Å². The lowest BCUT2D eigenvalue weighted by Crippen LogP contribution is -2.55. The van der Waals surface area contributed by atoms with Crippen molar-refractivity contribution in [3.05, 3.63) is 0 Å². The van der Waals surface area contributed by atoms with Crippen molar-refractivity contribution in [2.75, 3.05) is 6.61 Å². The zero-order valence-corrected chi connectivity index (χ0v) is 9.24. The summed E-state index contributed by atoms with van der Waals surface area (Å²) in [5.74, 6) is 0. The highest BCUT2D eigenvalue weighted by Gasteiger charge is 2.43. The molecular weight excluding hydrogens is 190 g/mol. The van der Waals surface area contributed by atoms with E-state index in [0.717, 1.165) is 25.9 Å². The molecule has 3 aliphatic rings. The molecule has 3 rings (SSSR count). The predicted molar refractivity (Wildman–Crippen MR) is 57.7 cm³/mol. The third-order valence-electron chi connectivity index (χ3n) is 4.34. The topological polar surface area (TPSA) is 41.5 Å². The van der Waals surface area contributed by atoms with Crippen molar-refractivity contribution in [1.82, 2.24) is 5.32 Å². The van der Waals surface area contributed by atoms with E-state index in [1.54, 1.807) is 0 Å². The van der Waals surface area contributed by atoms with E-state index in [9.17, 15) is 5.11 Å². The first kappa shape index (κ1) is 10.1. The first-order chi connectivity index (χ1) is 7.26. The molecular formula is C12H21NO2. The average molecular weight is 211 g/mol. The molecule has 1 atom stereocenters. The molecule has 0 amide bonds. The molecule has 1 saturated heterocycles. The zero-order chi connectivity index (χ0) is 10.3. The Morgan fingerprint density at radius 2 is 2.00 bits per heavy atom. The minimum Gasteiger partial charge on any atom is -0.393 e. The summed E-state index contributed by atoms with van der Waals surface area (Å²) >= 11 is 0. The van der Waals surface area contributed by atoms with Gasteiger partial charge in [-0.15, -0.1) is 0 Å². The summed E-state index contributed by atoms with van der Waals surface area (Å²) in [5.41, 5.74) is 0.248. The summed E-state index contributed by atoms with van der Waals surface area (Å²) in [5, 5.41) is 12.9. The van der Waals surface area contributed by atoms with Crippen LogP contribution in [0, 0.1) is 0 Å². The molecule has 0 aromatic rings. The predicted octanol–water partition coefficient (Wildman–Crippen LogP) is 1.20. The average Bonchev–Trinajstić information content (AvgIpc) is 2.14. The Morgan fingerprint density at radius 3 is 2.60 bits per heavy atom. The van der Waals surface area contributed by atoms with E-state index >= 15 is 0 Å². The van der Waals surface area contributed by atoms with Crippen LogP contribution in [0.25, 0.3) is 0 Å². The van der Waals surface area contributed by atoms with Crippen LogP contribution in [0.3, 0.4) is 0 Å². The molecule has 2 aliphatic carbocycles. The molecule has 2 N–H and O–H groups in total. The number of aliphatic hydroxyl groups is 1. The molecule has 1 aliphatic heterocycles. The van der Waals surface area contributed by atoms with Crippen molar-refractivity contribution in [3.8, 4) is 0 Å². The molecule has 3 fully saturated rings. The molecule has 1 spiro atoms. The summed E-state index contributed by atoms with van der Waals surface area (Å²) in [6.07, 6.45) is 8.06. The highest BCUT2D eigenvalue weighted by atomic mass is 16.5. The SMILES string of the molecule is OC1CC(NC2CCOC3(CCC3)C2)C1. The lowest BCUT2D eigenvalue weighted by Gasteiger charge is -2.48. The third kappa shape index (κ3) is 1.93. The van der Waals surface area contributed by atoms with Crippen molar-refractivity contribution in [2.45, 2.75) is 68.7 Å². The molecule has 0 aromatic carbocycles. The Bertz CT molecular complexity index is 234. The molecule has 3 heteroatoms. The smallest absolute Gasteiger partial charge is 0.0697 e. The van der Waals surface area contributed by atoms with E-state index in [4.69, 9.17) is 4.74 Å². The van der Waals surface area contributed by atoms with Crippen LogP contribution in [0.15, 0.2) is 0 Å². The largest absolute Gasteiger partial charge is 0.393 e. The van der Waals surface area contributed by atoms with Crippen molar-refractivity contribution in [3.63, 3.8) is 0 Å². The second kappa shape index (κ2) is 3.72. The third-order valence-corrected chi connectivity index (χ3v) is 4.34. The van der Waals surface area contributed by atoms with E-state index in [1.165, 1.54) is 25.7 Å². The molecule has 1 heterocycles. The van der Waals surface area contributed by atoms with Gasteiger partial charge in [-0.3, -0.25) is 0 Å². The number of hydrogen-bond acceptors (Lipinski definition) is 3. The van der Waals surface area contributed by atoms with Gasteiger partial charge in [0.25, 0.3) is 0 Å². The Hall–Kier alpha value is -0.120. The Labute approximate surface area is 91.2 Å². The molecule has 0 bridgehead atoms. The van der Waals surface area contributed by atoms with Crippen LogP contribution in [0.1, 0.15) is 44.9 Å². The Morgan fingerprint density at radius 1 is 1.20 bits per heavy atom. The lowest BCUT2D eigenvalue weighted by atomic mass is 9.73. The van der Waals surface area contributed by atoms with E-state index < -0.39 is 0 Å². The summed E-state index contributed by atoms with van der Waals surface area (Å²) in [6, 6.07) is 1.21.